The molecule has 1 aromatic carbocycles. The van der Waals surface area contributed by atoms with Gasteiger partial charge < -0.3 is 20.7 Å². The van der Waals surface area contributed by atoms with E-state index in [9.17, 15) is 9.59 Å². The van der Waals surface area contributed by atoms with E-state index in [1.54, 1.807) is 0 Å². The standard InChI is InChI=1S/C21H31N3O3/c22-16-21(11-4-5-12-21)23-20(26)17-8-13-24(14-9-17)19(25)10-15-27-18-6-2-1-3-7-18/h1-3,6-7,17H,4-5,8-16,22H2,(H,23,26). The first-order chi connectivity index (χ1) is 13.1. The van der Waals surface area contributed by atoms with Crippen LogP contribution in [-0.2, 0) is 9.59 Å². The highest BCUT2D eigenvalue weighted by Crippen LogP contribution is 2.30. The highest BCUT2D eigenvalue weighted by molar-refractivity contribution is 5.80. The van der Waals surface area contributed by atoms with Crippen molar-refractivity contribution >= 4 is 11.8 Å². The molecule has 0 aromatic heterocycles. The zero-order chi connectivity index (χ0) is 19.1. The van der Waals surface area contributed by atoms with E-state index in [0.29, 0.717) is 32.7 Å². The van der Waals surface area contributed by atoms with Crippen LogP contribution in [0.5, 0.6) is 5.75 Å². The summed E-state index contributed by atoms with van der Waals surface area (Å²) in [5, 5.41) is 3.22. The van der Waals surface area contributed by atoms with Gasteiger partial charge in [-0.2, -0.15) is 0 Å². The number of hydrogen-bond donors (Lipinski definition) is 2. The number of piperidine rings is 1. The van der Waals surface area contributed by atoms with Crippen LogP contribution < -0.4 is 15.8 Å². The predicted molar refractivity (Wildman–Crippen MR) is 104 cm³/mol. The average molecular weight is 373 g/mol. The van der Waals surface area contributed by atoms with Crippen molar-refractivity contribution in [3.05, 3.63) is 30.3 Å². The van der Waals surface area contributed by atoms with Crippen LogP contribution in [0.25, 0.3) is 0 Å². The van der Waals surface area contributed by atoms with Gasteiger partial charge in [0, 0.05) is 25.6 Å². The van der Waals surface area contributed by atoms with Crippen LogP contribution in [0, 0.1) is 5.92 Å². The number of carbonyl (C=O) groups excluding carboxylic acids is 2. The molecule has 1 aromatic rings. The third-order valence-corrected chi connectivity index (χ3v) is 5.89. The van der Waals surface area contributed by atoms with Gasteiger partial charge in [0.05, 0.1) is 18.6 Å². The molecule has 0 atom stereocenters. The smallest absolute Gasteiger partial charge is 0.225 e. The Balaban J connectivity index is 1.39. The predicted octanol–water partition coefficient (Wildman–Crippen LogP) is 2.08. The van der Waals surface area contributed by atoms with Gasteiger partial charge in [-0.05, 0) is 37.8 Å². The minimum absolute atomic E-state index is 0.0151. The molecule has 0 unspecified atom stereocenters. The molecule has 6 heteroatoms. The topological polar surface area (TPSA) is 84.7 Å². The molecule has 0 bridgehead atoms. The van der Waals surface area contributed by atoms with Gasteiger partial charge in [0.25, 0.3) is 0 Å². The molecule has 1 aliphatic carbocycles. The minimum atomic E-state index is -0.196. The zero-order valence-electron chi connectivity index (χ0n) is 16.0. The number of carbonyl (C=O) groups is 2. The first-order valence-electron chi connectivity index (χ1n) is 10.1. The first kappa shape index (κ1) is 19.7. The molecule has 27 heavy (non-hydrogen) atoms. The Morgan fingerprint density at radius 2 is 1.81 bits per heavy atom. The van der Waals surface area contributed by atoms with E-state index in [1.807, 2.05) is 35.2 Å². The third kappa shape index (κ3) is 5.22. The number of benzene rings is 1. The lowest BCUT2D eigenvalue weighted by Gasteiger charge is -2.35. The molecular formula is C21H31N3O3. The summed E-state index contributed by atoms with van der Waals surface area (Å²) in [5.41, 5.74) is 5.72. The summed E-state index contributed by atoms with van der Waals surface area (Å²) in [7, 11) is 0. The van der Waals surface area contributed by atoms with E-state index < -0.39 is 0 Å². The number of para-hydroxylation sites is 1. The summed E-state index contributed by atoms with van der Waals surface area (Å²) in [4.78, 5) is 26.9. The number of likely N-dealkylation sites (tertiary alicyclic amines) is 1. The molecule has 1 aliphatic heterocycles. The maximum Gasteiger partial charge on any atom is 0.225 e. The van der Waals surface area contributed by atoms with Gasteiger partial charge in [0.1, 0.15) is 5.75 Å². The fourth-order valence-corrected chi connectivity index (χ4v) is 4.12. The summed E-state index contributed by atoms with van der Waals surface area (Å²) < 4.78 is 5.60. The Hall–Kier alpha value is -2.08. The maximum atomic E-state index is 12.6. The normalized spacial score (nSPS) is 19.7. The quantitative estimate of drug-likeness (QED) is 0.766. The Labute approximate surface area is 161 Å². The van der Waals surface area contributed by atoms with Crippen LogP contribution in [-0.4, -0.2) is 48.5 Å². The SMILES string of the molecule is NCC1(NC(=O)C2CCN(C(=O)CCOc3ccccc3)CC2)CCCC1. The monoisotopic (exact) mass is 373 g/mol. The molecule has 0 spiro atoms. The van der Waals surface area contributed by atoms with Crippen molar-refractivity contribution in [3.8, 4) is 5.75 Å². The third-order valence-electron chi connectivity index (χ3n) is 5.89. The summed E-state index contributed by atoms with van der Waals surface area (Å²) in [6.45, 7) is 2.16. The number of nitrogens with zero attached hydrogens (tertiary/aromatic N) is 1. The van der Waals surface area contributed by atoms with Crippen LogP contribution in [0.4, 0.5) is 0 Å². The lowest BCUT2D eigenvalue weighted by atomic mass is 9.92. The minimum Gasteiger partial charge on any atom is -0.493 e. The molecule has 1 saturated heterocycles. The molecule has 1 heterocycles. The summed E-state index contributed by atoms with van der Waals surface area (Å²) in [6, 6.07) is 9.52. The van der Waals surface area contributed by atoms with Crippen LogP contribution in [0.15, 0.2) is 30.3 Å². The molecule has 2 fully saturated rings. The van der Waals surface area contributed by atoms with Crippen LogP contribution >= 0.6 is 0 Å². The second kappa shape index (κ2) is 9.22. The first-order valence-corrected chi connectivity index (χ1v) is 10.1. The van der Waals surface area contributed by atoms with Crippen molar-refractivity contribution in [2.24, 2.45) is 11.7 Å². The Bertz CT molecular complexity index is 621. The second-order valence-corrected chi connectivity index (χ2v) is 7.75. The van der Waals surface area contributed by atoms with E-state index in [4.69, 9.17) is 10.5 Å². The largest absolute Gasteiger partial charge is 0.493 e. The fourth-order valence-electron chi connectivity index (χ4n) is 4.12. The van der Waals surface area contributed by atoms with E-state index in [1.165, 1.54) is 0 Å². The van der Waals surface area contributed by atoms with E-state index >= 15 is 0 Å². The molecule has 6 nitrogen and oxygen atoms in total. The van der Waals surface area contributed by atoms with Crippen molar-refractivity contribution in [2.45, 2.75) is 50.5 Å². The van der Waals surface area contributed by atoms with Gasteiger partial charge in [0.15, 0.2) is 0 Å². The molecule has 3 rings (SSSR count). The molecular weight excluding hydrogens is 342 g/mol. The number of ether oxygens (including phenoxy) is 1. The Kier molecular flexibility index (Phi) is 6.72. The van der Waals surface area contributed by atoms with Gasteiger partial charge in [-0.3, -0.25) is 9.59 Å². The van der Waals surface area contributed by atoms with Gasteiger partial charge in [-0.1, -0.05) is 31.0 Å². The van der Waals surface area contributed by atoms with E-state index in [2.05, 4.69) is 5.32 Å². The Morgan fingerprint density at radius 3 is 2.44 bits per heavy atom. The van der Waals surface area contributed by atoms with Gasteiger partial charge in [0.2, 0.25) is 11.8 Å². The van der Waals surface area contributed by atoms with Gasteiger partial charge in [-0.25, -0.2) is 0 Å². The van der Waals surface area contributed by atoms with Crippen molar-refractivity contribution in [2.75, 3.05) is 26.2 Å². The summed E-state index contributed by atoms with van der Waals surface area (Å²) in [5.74, 6) is 0.973. The van der Waals surface area contributed by atoms with Crippen LogP contribution in [0.1, 0.15) is 44.9 Å². The van der Waals surface area contributed by atoms with Crippen molar-refractivity contribution < 1.29 is 14.3 Å². The van der Waals surface area contributed by atoms with Crippen LogP contribution in [0.2, 0.25) is 0 Å². The highest BCUT2D eigenvalue weighted by Gasteiger charge is 2.36. The van der Waals surface area contributed by atoms with Crippen molar-refractivity contribution in [1.82, 2.24) is 10.2 Å². The number of nitrogens with one attached hydrogen (secondary N) is 1. The molecule has 0 radical (unpaired) electrons. The molecule has 148 valence electrons. The van der Waals surface area contributed by atoms with Crippen molar-refractivity contribution in [1.29, 1.82) is 0 Å². The number of hydrogen-bond acceptors (Lipinski definition) is 4. The maximum absolute atomic E-state index is 12.6. The van der Waals surface area contributed by atoms with Crippen molar-refractivity contribution in [3.63, 3.8) is 0 Å². The molecule has 3 N–H and O–H groups in total. The number of amides is 2. The molecule has 2 amide bonds. The van der Waals surface area contributed by atoms with E-state index in [0.717, 1.165) is 44.3 Å². The number of rotatable bonds is 7. The van der Waals surface area contributed by atoms with Gasteiger partial charge >= 0.3 is 0 Å². The molecule has 1 saturated carbocycles. The zero-order valence-corrected chi connectivity index (χ0v) is 16.0. The van der Waals surface area contributed by atoms with Crippen LogP contribution in [0.3, 0.4) is 0 Å². The molecule has 2 aliphatic rings. The summed E-state index contributed by atoms with van der Waals surface area (Å²) >= 11 is 0. The highest BCUT2D eigenvalue weighted by atomic mass is 16.5. The second-order valence-electron chi connectivity index (χ2n) is 7.75. The number of nitrogens with two attached hydrogens (primary N) is 1. The lowest BCUT2D eigenvalue weighted by Crippen LogP contribution is -2.54. The Morgan fingerprint density at radius 1 is 1.15 bits per heavy atom. The lowest BCUT2D eigenvalue weighted by molar-refractivity contribution is -0.136. The summed E-state index contributed by atoms with van der Waals surface area (Å²) in [6.07, 6.45) is 6.03. The van der Waals surface area contributed by atoms with Gasteiger partial charge in [-0.15, -0.1) is 0 Å². The average Bonchev–Trinajstić information content (AvgIpc) is 3.18. The van der Waals surface area contributed by atoms with E-state index in [-0.39, 0.29) is 23.3 Å². The fraction of sp³-hybridized carbons (Fsp3) is 0.619.